The topological polar surface area (TPSA) is 71.8 Å². The van der Waals surface area contributed by atoms with Crippen molar-refractivity contribution in [1.29, 1.82) is 0 Å². The van der Waals surface area contributed by atoms with E-state index in [1.807, 2.05) is 43.3 Å². The van der Waals surface area contributed by atoms with E-state index >= 15 is 0 Å². The molecule has 1 aromatic heterocycles. The largest absolute Gasteiger partial charge is 0.497 e. The molecule has 1 aliphatic rings. The van der Waals surface area contributed by atoms with E-state index in [4.69, 9.17) is 9.15 Å². The fraction of sp³-hybridized carbons (Fsp3) is 0.308. The van der Waals surface area contributed by atoms with E-state index in [1.165, 1.54) is 6.26 Å². The van der Waals surface area contributed by atoms with Gasteiger partial charge in [0, 0.05) is 11.7 Å². The van der Waals surface area contributed by atoms with Crippen LogP contribution in [0.2, 0.25) is 0 Å². The average Bonchev–Trinajstić information content (AvgIpc) is 3.52. The summed E-state index contributed by atoms with van der Waals surface area (Å²) in [6, 6.07) is 17.4. The Morgan fingerprint density at radius 3 is 2.38 bits per heavy atom. The Morgan fingerprint density at radius 1 is 1.03 bits per heavy atom. The first-order valence-corrected chi connectivity index (χ1v) is 11.0. The van der Waals surface area contributed by atoms with Gasteiger partial charge in [0.25, 0.3) is 5.91 Å². The number of methoxy groups -OCH3 is 1. The zero-order chi connectivity index (χ0) is 22.5. The molecule has 32 heavy (non-hydrogen) atoms. The molecule has 4 rings (SSSR count). The number of amides is 2. The molecule has 0 aliphatic heterocycles. The number of benzene rings is 2. The second kappa shape index (κ2) is 9.73. The quantitative estimate of drug-likeness (QED) is 0.568. The predicted molar refractivity (Wildman–Crippen MR) is 123 cm³/mol. The van der Waals surface area contributed by atoms with E-state index in [9.17, 15) is 9.59 Å². The Balaban J connectivity index is 1.81. The predicted octanol–water partition coefficient (Wildman–Crippen LogP) is 5.04. The zero-order valence-electron chi connectivity index (χ0n) is 18.4. The van der Waals surface area contributed by atoms with Crippen molar-refractivity contribution in [1.82, 2.24) is 5.32 Å². The summed E-state index contributed by atoms with van der Waals surface area (Å²) >= 11 is 0. The van der Waals surface area contributed by atoms with Crippen LogP contribution in [0.25, 0.3) is 0 Å². The summed E-state index contributed by atoms with van der Waals surface area (Å²) in [6.07, 6.45) is 5.58. The van der Waals surface area contributed by atoms with Crippen LogP contribution in [0, 0.1) is 6.92 Å². The summed E-state index contributed by atoms with van der Waals surface area (Å²) in [5, 5.41) is 3.18. The van der Waals surface area contributed by atoms with Gasteiger partial charge >= 0.3 is 0 Å². The maximum absolute atomic E-state index is 13.7. The number of nitrogens with zero attached hydrogens (tertiary/aromatic N) is 1. The summed E-state index contributed by atoms with van der Waals surface area (Å²) in [6.45, 7) is 1.93. The number of furan rings is 1. The standard InChI is InChI=1S/C26H28N2O4/c1-18-8-3-6-11-22(18)28(26(30)23-12-7-17-32-23)24(19-13-15-21(31-2)16-14-19)25(29)27-20-9-4-5-10-20/h3,6-8,11-17,20,24H,4-5,9-10H2,1-2H3,(H,27,29)/t24-/m1/s1. The van der Waals surface area contributed by atoms with Crippen molar-refractivity contribution in [2.45, 2.75) is 44.7 Å². The van der Waals surface area contributed by atoms with Crippen molar-refractivity contribution in [3.05, 3.63) is 83.8 Å². The number of para-hydroxylation sites is 1. The monoisotopic (exact) mass is 432 g/mol. The Kier molecular flexibility index (Phi) is 6.59. The third kappa shape index (κ3) is 4.54. The van der Waals surface area contributed by atoms with Crippen LogP contribution in [0.5, 0.6) is 5.75 Å². The number of aryl methyl sites for hydroxylation is 1. The van der Waals surface area contributed by atoms with E-state index in [0.717, 1.165) is 31.2 Å². The highest BCUT2D eigenvalue weighted by Gasteiger charge is 2.36. The molecule has 1 heterocycles. The highest BCUT2D eigenvalue weighted by Crippen LogP contribution is 2.33. The van der Waals surface area contributed by atoms with Crippen LogP contribution in [0.15, 0.2) is 71.3 Å². The fourth-order valence-corrected chi connectivity index (χ4v) is 4.27. The van der Waals surface area contributed by atoms with Crippen LogP contribution in [0.3, 0.4) is 0 Å². The van der Waals surface area contributed by atoms with Crippen molar-refractivity contribution in [3.8, 4) is 5.75 Å². The number of rotatable bonds is 7. The Hall–Kier alpha value is -3.54. The molecule has 1 atom stereocenters. The second-order valence-electron chi connectivity index (χ2n) is 8.10. The molecule has 0 bridgehead atoms. The third-order valence-electron chi connectivity index (χ3n) is 5.97. The molecule has 1 N–H and O–H groups in total. The minimum atomic E-state index is -0.861. The summed E-state index contributed by atoms with van der Waals surface area (Å²) < 4.78 is 10.7. The SMILES string of the molecule is COc1ccc([C@H](C(=O)NC2CCCC2)N(C(=O)c2ccco2)c2ccccc2C)cc1. The van der Waals surface area contributed by atoms with Gasteiger partial charge in [-0.1, -0.05) is 43.2 Å². The summed E-state index contributed by atoms with van der Waals surface area (Å²) in [5.41, 5.74) is 2.25. The molecule has 6 heteroatoms. The van der Waals surface area contributed by atoms with Crippen molar-refractivity contribution in [3.63, 3.8) is 0 Å². The van der Waals surface area contributed by atoms with E-state index in [0.29, 0.717) is 17.0 Å². The minimum Gasteiger partial charge on any atom is -0.497 e. The van der Waals surface area contributed by atoms with Gasteiger partial charge in [0.15, 0.2) is 5.76 Å². The summed E-state index contributed by atoms with van der Waals surface area (Å²) in [7, 11) is 1.60. The van der Waals surface area contributed by atoms with Crippen molar-refractivity contribution >= 4 is 17.5 Å². The highest BCUT2D eigenvalue weighted by molar-refractivity contribution is 6.09. The summed E-state index contributed by atoms with van der Waals surface area (Å²) in [4.78, 5) is 28.9. The van der Waals surface area contributed by atoms with Gasteiger partial charge in [-0.2, -0.15) is 0 Å². The van der Waals surface area contributed by atoms with Gasteiger partial charge in [-0.25, -0.2) is 0 Å². The van der Waals surface area contributed by atoms with Crippen LogP contribution >= 0.6 is 0 Å². The Bertz CT molecular complexity index is 1050. The molecule has 6 nitrogen and oxygen atoms in total. The molecule has 0 radical (unpaired) electrons. The van der Waals surface area contributed by atoms with E-state index < -0.39 is 6.04 Å². The smallest absolute Gasteiger partial charge is 0.294 e. The molecule has 2 aromatic carbocycles. The molecule has 0 unspecified atom stereocenters. The van der Waals surface area contributed by atoms with Crippen molar-refractivity contribution < 1.29 is 18.7 Å². The average molecular weight is 433 g/mol. The lowest BCUT2D eigenvalue weighted by Gasteiger charge is -2.32. The maximum atomic E-state index is 13.7. The lowest BCUT2D eigenvalue weighted by atomic mass is 10.0. The normalized spacial score (nSPS) is 14.7. The fourth-order valence-electron chi connectivity index (χ4n) is 4.27. The second-order valence-corrected chi connectivity index (χ2v) is 8.10. The van der Waals surface area contributed by atoms with Gasteiger partial charge in [-0.15, -0.1) is 0 Å². The molecular weight excluding hydrogens is 404 g/mol. The number of hydrogen-bond acceptors (Lipinski definition) is 4. The van der Waals surface area contributed by atoms with E-state index in [1.54, 1.807) is 36.3 Å². The Labute approximate surface area is 188 Å². The minimum absolute atomic E-state index is 0.126. The van der Waals surface area contributed by atoms with Crippen molar-refractivity contribution in [2.24, 2.45) is 0 Å². The van der Waals surface area contributed by atoms with Crippen LogP contribution in [-0.4, -0.2) is 25.0 Å². The lowest BCUT2D eigenvalue weighted by Crippen LogP contribution is -2.46. The summed E-state index contributed by atoms with van der Waals surface area (Å²) in [5.74, 6) is 0.292. The molecule has 2 amide bonds. The number of hydrogen-bond donors (Lipinski definition) is 1. The number of carbonyl (C=O) groups is 2. The van der Waals surface area contributed by atoms with Gasteiger partial charge < -0.3 is 14.5 Å². The zero-order valence-corrected chi connectivity index (χ0v) is 18.4. The number of carbonyl (C=O) groups excluding carboxylic acids is 2. The van der Waals surface area contributed by atoms with Crippen LogP contribution < -0.4 is 15.0 Å². The molecule has 1 aliphatic carbocycles. The van der Waals surface area contributed by atoms with Crippen LogP contribution in [0.1, 0.15) is 53.4 Å². The first kappa shape index (κ1) is 21.7. The Morgan fingerprint density at radius 2 is 1.75 bits per heavy atom. The first-order chi connectivity index (χ1) is 15.6. The lowest BCUT2D eigenvalue weighted by molar-refractivity contribution is -0.123. The van der Waals surface area contributed by atoms with Gasteiger partial charge in [-0.05, 0) is 61.2 Å². The molecule has 1 fully saturated rings. The van der Waals surface area contributed by atoms with E-state index in [-0.39, 0.29) is 23.6 Å². The maximum Gasteiger partial charge on any atom is 0.294 e. The number of anilines is 1. The number of nitrogens with one attached hydrogen (secondary N) is 1. The van der Waals surface area contributed by atoms with Gasteiger partial charge in [0.2, 0.25) is 5.91 Å². The molecule has 3 aromatic rings. The molecule has 0 spiro atoms. The van der Waals surface area contributed by atoms with Gasteiger partial charge in [-0.3, -0.25) is 14.5 Å². The molecule has 0 saturated heterocycles. The van der Waals surface area contributed by atoms with Crippen LogP contribution in [-0.2, 0) is 4.79 Å². The van der Waals surface area contributed by atoms with Crippen molar-refractivity contribution in [2.75, 3.05) is 12.0 Å². The highest BCUT2D eigenvalue weighted by atomic mass is 16.5. The molecule has 1 saturated carbocycles. The van der Waals surface area contributed by atoms with E-state index in [2.05, 4.69) is 5.32 Å². The first-order valence-electron chi connectivity index (χ1n) is 11.0. The third-order valence-corrected chi connectivity index (χ3v) is 5.97. The van der Waals surface area contributed by atoms with Gasteiger partial charge in [0.1, 0.15) is 11.8 Å². The van der Waals surface area contributed by atoms with Crippen LogP contribution in [0.4, 0.5) is 5.69 Å². The molecule has 166 valence electrons. The molecular formula is C26H28N2O4. The van der Waals surface area contributed by atoms with Gasteiger partial charge in [0.05, 0.1) is 13.4 Å². The number of ether oxygens (including phenoxy) is 1.